The Morgan fingerprint density at radius 1 is 0.804 bits per heavy atom. The number of likely N-dealkylation sites (tertiary alicyclic amines) is 3. The van der Waals surface area contributed by atoms with Gasteiger partial charge in [-0.25, -0.2) is 0 Å². The highest BCUT2D eigenvalue weighted by Gasteiger charge is 2.34. The number of aliphatic hydroxyl groups is 3. The van der Waals surface area contributed by atoms with E-state index < -0.39 is 0 Å². The summed E-state index contributed by atoms with van der Waals surface area (Å²) < 4.78 is 4.66. The molecule has 1 amide bonds. The molecule has 4 saturated heterocycles. The molecule has 2 aromatic rings. The third-order valence-electron chi connectivity index (χ3n) is 9.01. The highest BCUT2D eigenvalue weighted by molar-refractivity contribution is 5.86. The standard InChI is InChI=1S/C13H15NO3.C12H17NO.C6H13NO.C5H11NO/c1-17-13(16)11-7-12(15)14(9-11)8-10-5-3-2-4-6-10;14-10-12-6-7-13(9-12)8-11-4-2-1-3-5-11;1-7-3-2-6(4-7)5-8;7-4-5-1-2-6-3-5/h2-6,11H,7-9H2,1H3;1-5,12,14H,6-10H2;6,8H,2-5H2,1H3;5-7H,1-4H2. The summed E-state index contributed by atoms with van der Waals surface area (Å²) in [6.07, 6.45) is 3.73. The lowest BCUT2D eigenvalue weighted by Crippen LogP contribution is -2.26. The van der Waals surface area contributed by atoms with Crippen LogP contribution in [0.15, 0.2) is 60.7 Å². The molecule has 0 aliphatic carbocycles. The molecule has 4 unspecified atom stereocenters. The minimum atomic E-state index is -0.309. The first-order valence-electron chi connectivity index (χ1n) is 16.7. The van der Waals surface area contributed by atoms with Crippen molar-refractivity contribution in [3.8, 4) is 0 Å². The van der Waals surface area contributed by atoms with Gasteiger partial charge in [-0.05, 0) is 74.8 Å². The predicted octanol–water partition coefficient (Wildman–Crippen LogP) is 2.23. The van der Waals surface area contributed by atoms with Gasteiger partial charge in [-0.3, -0.25) is 14.5 Å². The van der Waals surface area contributed by atoms with Crippen molar-refractivity contribution in [1.29, 1.82) is 0 Å². The van der Waals surface area contributed by atoms with Gasteiger partial charge in [-0.2, -0.15) is 0 Å². The maximum absolute atomic E-state index is 11.7. The molecule has 0 bridgehead atoms. The average molecular weight is 641 g/mol. The Balaban J connectivity index is 0.000000178. The minimum absolute atomic E-state index is 0.0178. The summed E-state index contributed by atoms with van der Waals surface area (Å²) in [5.41, 5.74) is 2.44. The molecule has 10 nitrogen and oxygen atoms in total. The van der Waals surface area contributed by atoms with Gasteiger partial charge in [0.1, 0.15) is 0 Å². The Morgan fingerprint density at radius 3 is 1.85 bits per heavy atom. The predicted molar refractivity (Wildman–Crippen MR) is 180 cm³/mol. The maximum atomic E-state index is 11.7. The van der Waals surface area contributed by atoms with Crippen LogP contribution >= 0.6 is 0 Å². The number of benzene rings is 2. The van der Waals surface area contributed by atoms with Crippen LogP contribution in [-0.2, 0) is 27.4 Å². The van der Waals surface area contributed by atoms with Crippen molar-refractivity contribution in [1.82, 2.24) is 20.0 Å². The molecule has 4 aliphatic rings. The number of carbonyl (C=O) groups excluding carboxylic acids is 2. The van der Waals surface area contributed by atoms with Gasteiger partial charge in [-0.15, -0.1) is 0 Å². The van der Waals surface area contributed by atoms with Crippen LogP contribution in [0.25, 0.3) is 0 Å². The molecule has 4 N–H and O–H groups in total. The van der Waals surface area contributed by atoms with Crippen LogP contribution in [-0.4, -0.2) is 122 Å². The summed E-state index contributed by atoms with van der Waals surface area (Å²) in [5, 5.41) is 29.4. The van der Waals surface area contributed by atoms with Gasteiger partial charge in [-0.1, -0.05) is 60.7 Å². The Kier molecular flexibility index (Phi) is 17.2. The second-order valence-electron chi connectivity index (χ2n) is 12.9. The molecule has 6 rings (SSSR count). The van der Waals surface area contributed by atoms with Crippen LogP contribution in [0.4, 0.5) is 0 Å². The zero-order chi connectivity index (χ0) is 33.1. The average Bonchev–Trinajstić information content (AvgIpc) is 3.92. The van der Waals surface area contributed by atoms with E-state index in [1.165, 1.54) is 19.1 Å². The number of nitrogens with zero attached hydrogens (tertiary/aromatic N) is 3. The largest absolute Gasteiger partial charge is 0.469 e. The highest BCUT2D eigenvalue weighted by Crippen LogP contribution is 2.21. The van der Waals surface area contributed by atoms with Crippen molar-refractivity contribution in [2.45, 2.75) is 38.8 Å². The summed E-state index contributed by atoms with van der Waals surface area (Å²) in [6, 6.07) is 20.3. The normalized spacial score (nSPS) is 24.4. The van der Waals surface area contributed by atoms with Crippen LogP contribution in [0.1, 0.15) is 36.8 Å². The molecule has 0 radical (unpaired) electrons. The number of amides is 1. The number of hydrogen-bond acceptors (Lipinski definition) is 9. The van der Waals surface area contributed by atoms with Crippen LogP contribution in [0.5, 0.6) is 0 Å². The van der Waals surface area contributed by atoms with Gasteiger partial charge in [0.2, 0.25) is 5.91 Å². The fraction of sp³-hybridized carbons (Fsp3) is 0.611. The smallest absolute Gasteiger partial charge is 0.310 e. The number of hydrogen-bond donors (Lipinski definition) is 4. The maximum Gasteiger partial charge on any atom is 0.310 e. The van der Waals surface area contributed by atoms with Crippen LogP contribution in [0, 0.1) is 23.7 Å². The van der Waals surface area contributed by atoms with Gasteiger partial charge in [0.15, 0.2) is 0 Å². The molecule has 10 heteroatoms. The first kappa shape index (κ1) is 37.6. The molecule has 0 saturated carbocycles. The van der Waals surface area contributed by atoms with Crippen molar-refractivity contribution in [3.63, 3.8) is 0 Å². The zero-order valence-corrected chi connectivity index (χ0v) is 27.8. The van der Waals surface area contributed by atoms with Crippen LogP contribution < -0.4 is 5.32 Å². The summed E-state index contributed by atoms with van der Waals surface area (Å²) >= 11 is 0. The monoisotopic (exact) mass is 640 g/mol. The third-order valence-corrected chi connectivity index (χ3v) is 9.01. The van der Waals surface area contributed by atoms with Crippen molar-refractivity contribution < 1.29 is 29.6 Å². The van der Waals surface area contributed by atoms with Crippen LogP contribution in [0.3, 0.4) is 0 Å². The van der Waals surface area contributed by atoms with Crippen molar-refractivity contribution in [2.75, 3.05) is 79.8 Å². The van der Waals surface area contributed by atoms with Gasteiger partial charge in [0, 0.05) is 65.5 Å². The molecule has 2 aromatic carbocycles. The Morgan fingerprint density at radius 2 is 1.39 bits per heavy atom. The molecule has 0 spiro atoms. The fourth-order valence-corrected chi connectivity index (χ4v) is 6.15. The SMILES string of the molecule is CN1CCC(CO)C1.COC(=O)C1CC(=O)N(Cc2ccccc2)C1.OCC1CCN(Cc2ccccc2)C1.OCC1CCNC1. The quantitative estimate of drug-likeness (QED) is 0.322. The van der Waals surface area contributed by atoms with Crippen molar-refractivity contribution in [2.24, 2.45) is 23.7 Å². The van der Waals surface area contributed by atoms with Gasteiger partial charge < -0.3 is 35.2 Å². The van der Waals surface area contributed by atoms with E-state index in [2.05, 4.69) is 51.2 Å². The van der Waals surface area contributed by atoms with E-state index in [1.54, 1.807) is 4.90 Å². The van der Waals surface area contributed by atoms with Crippen molar-refractivity contribution in [3.05, 3.63) is 71.8 Å². The second kappa shape index (κ2) is 21.1. The second-order valence-corrected chi connectivity index (χ2v) is 12.9. The summed E-state index contributed by atoms with van der Waals surface area (Å²) in [4.78, 5) is 29.5. The van der Waals surface area contributed by atoms with E-state index in [0.29, 0.717) is 50.7 Å². The molecular weight excluding hydrogens is 584 g/mol. The lowest BCUT2D eigenvalue weighted by Gasteiger charge is -2.16. The van der Waals surface area contributed by atoms with Gasteiger partial charge in [0.05, 0.1) is 13.0 Å². The van der Waals surface area contributed by atoms with E-state index in [-0.39, 0.29) is 24.2 Å². The Labute approximate surface area is 275 Å². The summed E-state index contributed by atoms with van der Waals surface area (Å²) in [5.74, 6) is 1.01. The van der Waals surface area contributed by atoms with Crippen LogP contribution in [0.2, 0.25) is 0 Å². The number of esters is 1. The van der Waals surface area contributed by atoms with E-state index in [0.717, 1.165) is 64.2 Å². The Bertz CT molecular complexity index is 1120. The van der Waals surface area contributed by atoms with E-state index >= 15 is 0 Å². The molecule has 0 aromatic heterocycles. The molecule has 4 aliphatic heterocycles. The topological polar surface area (TPSA) is 126 Å². The highest BCUT2D eigenvalue weighted by atomic mass is 16.5. The third kappa shape index (κ3) is 13.5. The lowest BCUT2D eigenvalue weighted by molar-refractivity contribution is -0.145. The minimum Gasteiger partial charge on any atom is -0.469 e. The fourth-order valence-electron chi connectivity index (χ4n) is 6.15. The molecule has 46 heavy (non-hydrogen) atoms. The first-order valence-corrected chi connectivity index (χ1v) is 16.7. The summed E-state index contributed by atoms with van der Waals surface area (Å²) in [6.45, 7) is 9.61. The van der Waals surface area contributed by atoms with E-state index in [4.69, 9.17) is 15.3 Å². The number of ether oxygens (including phenoxy) is 1. The molecule has 4 fully saturated rings. The zero-order valence-electron chi connectivity index (χ0n) is 27.8. The van der Waals surface area contributed by atoms with Crippen molar-refractivity contribution >= 4 is 11.9 Å². The Hall–Kier alpha value is -2.86. The number of methoxy groups -OCH3 is 1. The molecule has 256 valence electrons. The molecular formula is C36H56N4O6. The lowest BCUT2D eigenvalue weighted by atomic mass is 10.1. The van der Waals surface area contributed by atoms with Gasteiger partial charge >= 0.3 is 5.97 Å². The molecule has 4 atom stereocenters. The molecule has 4 heterocycles. The van der Waals surface area contributed by atoms with Gasteiger partial charge in [0.25, 0.3) is 0 Å². The number of aliphatic hydroxyl groups excluding tert-OH is 3. The summed E-state index contributed by atoms with van der Waals surface area (Å²) in [7, 11) is 3.45. The first-order chi connectivity index (χ1) is 22.3. The number of rotatable bonds is 8. The number of carbonyl (C=O) groups is 2. The number of nitrogens with one attached hydrogen (secondary N) is 1. The van der Waals surface area contributed by atoms with E-state index in [1.807, 2.05) is 36.4 Å². The van der Waals surface area contributed by atoms with E-state index in [9.17, 15) is 9.59 Å².